The Kier molecular flexibility index (Phi) is 5.53. The maximum absolute atomic E-state index is 13.5. The summed E-state index contributed by atoms with van der Waals surface area (Å²) in [4.78, 5) is 27.8. The molecule has 1 saturated heterocycles. The molecule has 1 aromatic rings. The zero-order chi connectivity index (χ0) is 19.8. The Morgan fingerprint density at radius 1 is 1.04 bits per heavy atom. The monoisotopic (exact) mass is 390 g/mol. The number of rotatable bonds is 5. The molecule has 7 heteroatoms. The lowest BCUT2D eigenvalue weighted by Crippen LogP contribution is -2.46. The van der Waals surface area contributed by atoms with Gasteiger partial charge in [0.1, 0.15) is 5.70 Å². The van der Waals surface area contributed by atoms with Gasteiger partial charge in [-0.25, -0.2) is 8.42 Å². The molecule has 1 fully saturated rings. The molecule has 0 N–H and O–H groups in total. The first-order valence-electron chi connectivity index (χ1n) is 9.54. The van der Waals surface area contributed by atoms with Crippen molar-refractivity contribution < 1.29 is 18.0 Å². The first-order chi connectivity index (χ1) is 12.8. The Morgan fingerprint density at radius 3 is 2.19 bits per heavy atom. The van der Waals surface area contributed by atoms with Crippen LogP contribution in [0.4, 0.5) is 0 Å². The van der Waals surface area contributed by atoms with Crippen molar-refractivity contribution in [1.82, 2.24) is 9.21 Å². The van der Waals surface area contributed by atoms with Gasteiger partial charge in [0.25, 0.3) is 0 Å². The van der Waals surface area contributed by atoms with E-state index >= 15 is 0 Å². The van der Waals surface area contributed by atoms with Crippen LogP contribution in [0, 0.1) is 0 Å². The molecule has 1 heterocycles. The van der Waals surface area contributed by atoms with Gasteiger partial charge in [-0.05, 0) is 33.6 Å². The third-order valence-electron chi connectivity index (χ3n) is 5.44. The highest BCUT2D eigenvalue weighted by molar-refractivity contribution is 7.94. The van der Waals surface area contributed by atoms with Gasteiger partial charge >= 0.3 is 0 Å². The molecule has 0 amide bonds. The molecule has 1 aliphatic heterocycles. The molecular formula is C20H26N2O4S. The number of carbonyl (C=O) groups is 2. The number of nitrogens with zero attached hydrogens (tertiary/aromatic N) is 2. The van der Waals surface area contributed by atoms with Crippen molar-refractivity contribution >= 4 is 21.6 Å². The lowest BCUT2D eigenvalue weighted by atomic mass is 9.92. The third-order valence-corrected chi connectivity index (χ3v) is 7.50. The molecule has 6 nitrogen and oxygen atoms in total. The summed E-state index contributed by atoms with van der Waals surface area (Å²) in [5.41, 5.74) is 0.457. The molecule has 3 rings (SSSR count). The molecule has 0 saturated carbocycles. The second-order valence-electron chi connectivity index (χ2n) is 7.01. The molecule has 2 aliphatic rings. The lowest BCUT2D eigenvalue weighted by Gasteiger charge is -2.35. The summed E-state index contributed by atoms with van der Waals surface area (Å²) >= 11 is 0. The van der Waals surface area contributed by atoms with Crippen molar-refractivity contribution in [3.05, 3.63) is 46.0 Å². The molecule has 1 aromatic carbocycles. The van der Waals surface area contributed by atoms with E-state index in [0.717, 1.165) is 19.3 Å². The number of Topliss-reactive ketones (excluding diaryl/α,β-unsaturated/α-hetero) is 2. The molecule has 0 bridgehead atoms. The largest absolute Gasteiger partial charge is 0.368 e. The summed E-state index contributed by atoms with van der Waals surface area (Å²) in [6.45, 7) is 6.83. The quantitative estimate of drug-likeness (QED) is 0.773. The minimum atomic E-state index is -4.07. The van der Waals surface area contributed by atoms with Gasteiger partial charge in [-0.2, -0.15) is 4.31 Å². The maximum atomic E-state index is 13.5. The van der Waals surface area contributed by atoms with Gasteiger partial charge in [0.05, 0.1) is 0 Å². The normalized spacial score (nSPS) is 21.4. The van der Waals surface area contributed by atoms with Crippen LogP contribution in [0.2, 0.25) is 0 Å². The molecule has 1 unspecified atom stereocenters. The SMILES string of the molecule is CCN(CC)C1=C(S(=O)(=O)N2CCCCC2C)C(=O)c2ccccc2C1=O. The summed E-state index contributed by atoms with van der Waals surface area (Å²) in [6, 6.07) is 6.28. The van der Waals surface area contributed by atoms with Crippen molar-refractivity contribution in [2.45, 2.75) is 46.1 Å². The van der Waals surface area contributed by atoms with Gasteiger partial charge in [-0.15, -0.1) is 0 Å². The van der Waals surface area contributed by atoms with Crippen LogP contribution in [0.25, 0.3) is 0 Å². The average molecular weight is 391 g/mol. The Hall–Kier alpha value is -1.99. The number of likely N-dealkylation sites (N-methyl/N-ethyl adjacent to an activating group) is 1. The van der Waals surface area contributed by atoms with E-state index in [1.54, 1.807) is 23.1 Å². The van der Waals surface area contributed by atoms with Crippen LogP contribution in [0.5, 0.6) is 0 Å². The molecule has 1 aliphatic carbocycles. The number of carbonyl (C=O) groups excluding carboxylic acids is 2. The fourth-order valence-corrected chi connectivity index (χ4v) is 5.95. The Bertz CT molecular complexity index is 900. The smallest absolute Gasteiger partial charge is 0.249 e. The van der Waals surface area contributed by atoms with E-state index in [0.29, 0.717) is 19.6 Å². The maximum Gasteiger partial charge on any atom is 0.249 e. The van der Waals surface area contributed by atoms with E-state index in [1.165, 1.54) is 10.4 Å². The Labute approximate surface area is 160 Å². The van der Waals surface area contributed by atoms with Crippen molar-refractivity contribution in [2.24, 2.45) is 0 Å². The minimum absolute atomic E-state index is 0.0153. The third kappa shape index (κ3) is 3.23. The highest BCUT2D eigenvalue weighted by Gasteiger charge is 2.44. The zero-order valence-electron chi connectivity index (χ0n) is 16.1. The van der Waals surface area contributed by atoms with E-state index in [1.807, 2.05) is 20.8 Å². The molecule has 0 aromatic heterocycles. The van der Waals surface area contributed by atoms with Crippen LogP contribution >= 0.6 is 0 Å². The van der Waals surface area contributed by atoms with Crippen LogP contribution in [0.3, 0.4) is 0 Å². The van der Waals surface area contributed by atoms with Gasteiger partial charge < -0.3 is 4.90 Å². The first-order valence-corrected chi connectivity index (χ1v) is 11.0. The van der Waals surface area contributed by atoms with E-state index in [-0.39, 0.29) is 27.8 Å². The van der Waals surface area contributed by atoms with Gasteiger partial charge in [0.2, 0.25) is 21.6 Å². The van der Waals surface area contributed by atoms with Crippen LogP contribution in [0.15, 0.2) is 34.9 Å². The van der Waals surface area contributed by atoms with Gasteiger partial charge in [0.15, 0.2) is 4.91 Å². The van der Waals surface area contributed by atoms with Gasteiger partial charge in [-0.3, -0.25) is 9.59 Å². The van der Waals surface area contributed by atoms with E-state index in [9.17, 15) is 18.0 Å². The number of sulfonamides is 1. The predicted octanol–water partition coefficient (Wildman–Crippen LogP) is 2.82. The Morgan fingerprint density at radius 2 is 1.63 bits per heavy atom. The van der Waals surface area contributed by atoms with Crippen molar-refractivity contribution in [2.75, 3.05) is 19.6 Å². The van der Waals surface area contributed by atoms with Crippen LogP contribution < -0.4 is 0 Å². The van der Waals surface area contributed by atoms with E-state index < -0.39 is 21.6 Å². The van der Waals surface area contributed by atoms with Gasteiger partial charge in [0, 0.05) is 36.8 Å². The number of hydrogen-bond donors (Lipinski definition) is 0. The summed E-state index contributed by atoms with van der Waals surface area (Å²) in [5.74, 6) is -0.970. The fraction of sp³-hybridized carbons (Fsp3) is 0.500. The number of hydrogen-bond acceptors (Lipinski definition) is 5. The van der Waals surface area contributed by atoms with Crippen LogP contribution in [0.1, 0.15) is 60.7 Å². The summed E-state index contributed by atoms with van der Waals surface area (Å²) in [7, 11) is -4.07. The summed E-state index contributed by atoms with van der Waals surface area (Å²) in [5, 5.41) is 0. The second kappa shape index (κ2) is 7.56. The molecule has 146 valence electrons. The predicted molar refractivity (Wildman–Crippen MR) is 104 cm³/mol. The summed E-state index contributed by atoms with van der Waals surface area (Å²) < 4.78 is 28.5. The number of fused-ring (bicyclic) bond motifs is 1. The second-order valence-corrected chi connectivity index (χ2v) is 8.84. The molecule has 27 heavy (non-hydrogen) atoms. The lowest BCUT2D eigenvalue weighted by molar-refractivity contribution is 0.0948. The van der Waals surface area contributed by atoms with Crippen molar-refractivity contribution in [1.29, 1.82) is 0 Å². The van der Waals surface area contributed by atoms with E-state index in [4.69, 9.17) is 0 Å². The van der Waals surface area contributed by atoms with Gasteiger partial charge in [-0.1, -0.05) is 30.7 Å². The minimum Gasteiger partial charge on any atom is -0.368 e. The zero-order valence-corrected chi connectivity index (χ0v) is 16.9. The number of piperidine rings is 1. The molecule has 1 atom stereocenters. The molecule has 0 radical (unpaired) electrons. The highest BCUT2D eigenvalue weighted by atomic mass is 32.2. The Balaban J connectivity index is 2.25. The topological polar surface area (TPSA) is 74.8 Å². The van der Waals surface area contributed by atoms with Crippen molar-refractivity contribution in [3.63, 3.8) is 0 Å². The molecular weight excluding hydrogens is 364 g/mol. The van der Waals surface area contributed by atoms with E-state index in [2.05, 4.69) is 0 Å². The average Bonchev–Trinajstić information content (AvgIpc) is 2.66. The molecule has 0 spiro atoms. The first kappa shape index (κ1) is 19.8. The fourth-order valence-electron chi connectivity index (χ4n) is 3.95. The van der Waals surface area contributed by atoms with Crippen molar-refractivity contribution in [3.8, 4) is 0 Å². The standard InChI is InChI=1S/C20H26N2O4S/c1-4-21(5-2)17-18(23)15-11-6-7-12-16(15)19(24)20(17)27(25,26)22-13-9-8-10-14(22)3/h6-7,11-12,14H,4-5,8-10,13H2,1-3H3. The summed E-state index contributed by atoms with van der Waals surface area (Å²) in [6.07, 6.45) is 2.48. The number of benzene rings is 1. The number of allylic oxidation sites excluding steroid dienone is 2. The van der Waals surface area contributed by atoms with Crippen LogP contribution in [-0.2, 0) is 10.0 Å². The van der Waals surface area contributed by atoms with Crippen LogP contribution in [-0.4, -0.2) is 54.9 Å². The number of ketones is 2. The highest BCUT2D eigenvalue weighted by Crippen LogP contribution is 2.34.